The van der Waals surface area contributed by atoms with Crippen LogP contribution in [-0.2, 0) is 0 Å². The summed E-state index contributed by atoms with van der Waals surface area (Å²) in [6.45, 7) is 5.39. The molecule has 1 heteroatoms. The van der Waals surface area contributed by atoms with Crippen LogP contribution in [0.15, 0.2) is 23.4 Å². The maximum absolute atomic E-state index is 3.25. The van der Waals surface area contributed by atoms with E-state index in [0.717, 1.165) is 6.54 Å². The molecule has 0 aromatic rings. The molecule has 0 aliphatic carbocycles. The second-order valence-electron chi connectivity index (χ2n) is 2.70. The van der Waals surface area contributed by atoms with Gasteiger partial charge in [-0.25, -0.2) is 0 Å². The van der Waals surface area contributed by atoms with Gasteiger partial charge in [0.2, 0.25) is 0 Å². The summed E-state index contributed by atoms with van der Waals surface area (Å²) in [5.74, 6) is 0. The molecule has 1 aliphatic rings. The topological polar surface area (TPSA) is 12.0 Å². The van der Waals surface area contributed by atoms with Crippen molar-refractivity contribution in [3.05, 3.63) is 23.4 Å². The molecule has 0 aromatic heterocycles. The first-order valence-electron chi connectivity index (χ1n) is 3.90. The highest BCUT2D eigenvalue weighted by Crippen LogP contribution is 2.16. The van der Waals surface area contributed by atoms with E-state index in [1.807, 2.05) is 0 Å². The molecule has 0 saturated heterocycles. The van der Waals surface area contributed by atoms with Gasteiger partial charge in [-0.05, 0) is 38.5 Å². The van der Waals surface area contributed by atoms with Crippen molar-refractivity contribution >= 4 is 0 Å². The summed E-state index contributed by atoms with van der Waals surface area (Å²) >= 11 is 0. The lowest BCUT2D eigenvalue weighted by Crippen LogP contribution is -2.13. The highest BCUT2D eigenvalue weighted by molar-refractivity contribution is 5.28. The van der Waals surface area contributed by atoms with Crippen LogP contribution in [0.1, 0.15) is 26.7 Å². The van der Waals surface area contributed by atoms with E-state index in [2.05, 4.69) is 31.4 Å². The fourth-order valence-electron chi connectivity index (χ4n) is 1.14. The minimum absolute atomic E-state index is 1.14. The Morgan fingerprint density at radius 2 is 2.50 bits per heavy atom. The van der Waals surface area contributed by atoms with Crippen LogP contribution < -0.4 is 5.32 Å². The van der Waals surface area contributed by atoms with E-state index in [0.29, 0.717) is 0 Å². The van der Waals surface area contributed by atoms with Gasteiger partial charge in [-0.3, -0.25) is 0 Å². The number of hydrogen-bond donors (Lipinski definition) is 1. The van der Waals surface area contributed by atoms with Crippen LogP contribution in [0.3, 0.4) is 0 Å². The summed E-state index contributed by atoms with van der Waals surface area (Å²) < 4.78 is 0. The Hall–Kier alpha value is -0.720. The highest BCUT2D eigenvalue weighted by Gasteiger charge is 2.02. The Morgan fingerprint density at radius 1 is 1.70 bits per heavy atom. The van der Waals surface area contributed by atoms with Crippen molar-refractivity contribution in [1.29, 1.82) is 0 Å². The van der Waals surface area contributed by atoms with Gasteiger partial charge in [0.25, 0.3) is 0 Å². The fraction of sp³-hybridized carbons (Fsp3) is 0.556. The molecular formula is C9H15N. The third kappa shape index (κ3) is 1.63. The van der Waals surface area contributed by atoms with Gasteiger partial charge in [-0.15, -0.1) is 0 Å². The summed E-state index contributed by atoms with van der Waals surface area (Å²) in [5, 5.41) is 3.25. The lowest BCUT2D eigenvalue weighted by Gasteiger charge is -2.13. The average Bonchev–Trinajstić information content (AvgIpc) is 2.05. The summed E-state index contributed by atoms with van der Waals surface area (Å²) in [4.78, 5) is 0. The Morgan fingerprint density at radius 3 is 3.00 bits per heavy atom. The molecule has 0 radical (unpaired) electrons. The van der Waals surface area contributed by atoms with Gasteiger partial charge in [0.1, 0.15) is 0 Å². The molecule has 0 spiro atoms. The van der Waals surface area contributed by atoms with E-state index in [4.69, 9.17) is 0 Å². The summed E-state index contributed by atoms with van der Waals surface area (Å²) in [6, 6.07) is 0. The molecule has 1 nitrogen and oxygen atoms in total. The quantitative estimate of drug-likeness (QED) is 0.584. The predicted octanol–water partition coefficient (Wildman–Crippen LogP) is 2.22. The van der Waals surface area contributed by atoms with Crippen molar-refractivity contribution in [3.63, 3.8) is 0 Å². The molecule has 0 fully saturated rings. The van der Waals surface area contributed by atoms with Gasteiger partial charge in [-0.2, -0.15) is 0 Å². The molecule has 1 heterocycles. The third-order valence-corrected chi connectivity index (χ3v) is 1.98. The molecule has 1 N–H and O–H groups in total. The molecule has 1 rings (SSSR count). The van der Waals surface area contributed by atoms with Crippen LogP contribution >= 0.6 is 0 Å². The Bertz CT molecular complexity index is 166. The van der Waals surface area contributed by atoms with Crippen LogP contribution in [-0.4, -0.2) is 6.54 Å². The number of allylic oxidation sites excluding steroid dienone is 3. The minimum atomic E-state index is 1.14. The minimum Gasteiger partial charge on any atom is -0.391 e. The molecule has 56 valence electrons. The number of hydrogen-bond acceptors (Lipinski definition) is 1. The monoisotopic (exact) mass is 137 g/mol. The van der Waals surface area contributed by atoms with Crippen molar-refractivity contribution in [2.45, 2.75) is 26.7 Å². The first-order chi connectivity index (χ1) is 4.84. The van der Waals surface area contributed by atoms with Crippen molar-refractivity contribution < 1.29 is 0 Å². The van der Waals surface area contributed by atoms with Crippen LogP contribution in [0.5, 0.6) is 0 Å². The fourth-order valence-corrected chi connectivity index (χ4v) is 1.14. The number of rotatable bonds is 1. The Balaban J connectivity index is 2.62. The van der Waals surface area contributed by atoms with Crippen LogP contribution in [0.25, 0.3) is 0 Å². The largest absolute Gasteiger partial charge is 0.391 e. The van der Waals surface area contributed by atoms with Gasteiger partial charge in [-0.1, -0.05) is 11.6 Å². The first-order valence-corrected chi connectivity index (χ1v) is 3.90. The SMILES string of the molecule is C/C=C(\C)C1=CNCCC1. The van der Waals surface area contributed by atoms with Gasteiger partial charge >= 0.3 is 0 Å². The van der Waals surface area contributed by atoms with Crippen molar-refractivity contribution in [2.75, 3.05) is 6.54 Å². The molecule has 1 aliphatic heterocycles. The second kappa shape index (κ2) is 3.45. The zero-order valence-electron chi connectivity index (χ0n) is 6.78. The van der Waals surface area contributed by atoms with E-state index in [9.17, 15) is 0 Å². The Labute approximate surface area is 62.8 Å². The highest BCUT2D eigenvalue weighted by atomic mass is 14.8. The summed E-state index contributed by atoms with van der Waals surface area (Å²) in [5.41, 5.74) is 2.88. The van der Waals surface area contributed by atoms with Crippen LogP contribution in [0, 0.1) is 0 Å². The maximum atomic E-state index is 3.25. The number of nitrogens with one attached hydrogen (secondary N) is 1. The zero-order chi connectivity index (χ0) is 7.40. The smallest absolute Gasteiger partial charge is 0.0144 e. The molecule has 0 bridgehead atoms. The Kier molecular flexibility index (Phi) is 2.55. The van der Waals surface area contributed by atoms with Gasteiger partial charge in [0, 0.05) is 6.54 Å². The molecule has 10 heavy (non-hydrogen) atoms. The summed E-state index contributed by atoms with van der Waals surface area (Å²) in [7, 11) is 0. The molecule has 0 saturated carbocycles. The molecule has 0 unspecified atom stereocenters. The molecule has 0 atom stereocenters. The van der Waals surface area contributed by atoms with E-state index in [-0.39, 0.29) is 0 Å². The average molecular weight is 137 g/mol. The van der Waals surface area contributed by atoms with E-state index in [1.54, 1.807) is 0 Å². The van der Waals surface area contributed by atoms with Crippen molar-refractivity contribution in [2.24, 2.45) is 0 Å². The van der Waals surface area contributed by atoms with E-state index >= 15 is 0 Å². The molecule has 0 amide bonds. The third-order valence-electron chi connectivity index (χ3n) is 1.98. The van der Waals surface area contributed by atoms with Crippen LogP contribution in [0.4, 0.5) is 0 Å². The standard InChI is InChI=1S/C9H15N/c1-3-8(2)9-5-4-6-10-7-9/h3,7,10H,4-6H2,1-2H3/b8-3+. The second-order valence-corrected chi connectivity index (χ2v) is 2.70. The van der Waals surface area contributed by atoms with E-state index in [1.165, 1.54) is 24.0 Å². The first kappa shape index (κ1) is 7.39. The molecule has 0 aromatic carbocycles. The van der Waals surface area contributed by atoms with E-state index < -0.39 is 0 Å². The van der Waals surface area contributed by atoms with Gasteiger partial charge < -0.3 is 5.32 Å². The normalized spacial score (nSPS) is 19.8. The van der Waals surface area contributed by atoms with Crippen molar-refractivity contribution in [1.82, 2.24) is 5.32 Å². The van der Waals surface area contributed by atoms with Crippen LogP contribution in [0.2, 0.25) is 0 Å². The molecular weight excluding hydrogens is 122 g/mol. The summed E-state index contributed by atoms with van der Waals surface area (Å²) in [6.07, 6.45) is 6.82. The predicted molar refractivity (Wildman–Crippen MR) is 44.8 cm³/mol. The maximum Gasteiger partial charge on any atom is 0.0144 e. The lowest BCUT2D eigenvalue weighted by atomic mass is 10.0. The zero-order valence-corrected chi connectivity index (χ0v) is 6.78. The van der Waals surface area contributed by atoms with Gasteiger partial charge in [0.15, 0.2) is 0 Å². The van der Waals surface area contributed by atoms with Gasteiger partial charge in [0.05, 0.1) is 0 Å². The van der Waals surface area contributed by atoms with Crippen molar-refractivity contribution in [3.8, 4) is 0 Å². The lowest BCUT2D eigenvalue weighted by molar-refractivity contribution is 0.703.